The van der Waals surface area contributed by atoms with Crippen LogP contribution in [0.1, 0.15) is 37.8 Å². The van der Waals surface area contributed by atoms with E-state index in [1.54, 1.807) is 0 Å². The van der Waals surface area contributed by atoms with Crippen molar-refractivity contribution < 1.29 is 4.42 Å². The molecule has 3 aromatic rings. The van der Waals surface area contributed by atoms with Crippen molar-refractivity contribution in [2.75, 3.05) is 0 Å². The molecular formula is C20H21NO. The van der Waals surface area contributed by atoms with E-state index in [1.807, 2.05) is 36.4 Å². The van der Waals surface area contributed by atoms with Gasteiger partial charge in [0.15, 0.2) is 0 Å². The van der Waals surface area contributed by atoms with Crippen LogP contribution in [0, 0.1) is 0 Å². The van der Waals surface area contributed by atoms with Crippen LogP contribution in [0.2, 0.25) is 0 Å². The largest absolute Gasteiger partial charge is 0.441 e. The third-order valence-corrected chi connectivity index (χ3v) is 3.64. The van der Waals surface area contributed by atoms with Crippen molar-refractivity contribution in [3.05, 3.63) is 77.7 Å². The average molecular weight is 291 g/mol. The number of nitrogens with zero attached hydrogens (tertiary/aromatic N) is 1. The van der Waals surface area contributed by atoms with E-state index in [4.69, 9.17) is 9.40 Å². The SMILES string of the molecule is CC(C)(C)c1nc(-c2ccccc2)oc1Cc1ccccc1. The molecule has 1 heterocycles. The first-order chi connectivity index (χ1) is 10.5. The first-order valence-corrected chi connectivity index (χ1v) is 7.63. The van der Waals surface area contributed by atoms with Gasteiger partial charge in [0.1, 0.15) is 5.76 Å². The third-order valence-electron chi connectivity index (χ3n) is 3.64. The third kappa shape index (κ3) is 3.11. The lowest BCUT2D eigenvalue weighted by atomic mass is 9.89. The molecule has 0 saturated carbocycles. The Labute approximate surface area is 131 Å². The Kier molecular flexibility index (Phi) is 3.84. The Balaban J connectivity index is 2.03. The summed E-state index contributed by atoms with van der Waals surface area (Å²) in [5, 5.41) is 0. The summed E-state index contributed by atoms with van der Waals surface area (Å²) < 4.78 is 6.12. The lowest BCUT2D eigenvalue weighted by Crippen LogP contribution is -2.14. The number of aromatic nitrogens is 1. The Morgan fingerprint density at radius 1 is 0.864 bits per heavy atom. The van der Waals surface area contributed by atoms with Crippen LogP contribution in [0.5, 0.6) is 0 Å². The zero-order valence-electron chi connectivity index (χ0n) is 13.3. The van der Waals surface area contributed by atoms with Crippen LogP contribution in [0.3, 0.4) is 0 Å². The van der Waals surface area contributed by atoms with Gasteiger partial charge in [0.2, 0.25) is 5.89 Å². The monoisotopic (exact) mass is 291 g/mol. The van der Waals surface area contributed by atoms with Crippen molar-refractivity contribution in [1.29, 1.82) is 0 Å². The molecule has 3 rings (SSSR count). The Morgan fingerprint density at radius 3 is 2.05 bits per heavy atom. The van der Waals surface area contributed by atoms with Crippen LogP contribution >= 0.6 is 0 Å². The second-order valence-electron chi connectivity index (χ2n) is 6.57. The molecule has 0 aliphatic rings. The zero-order valence-corrected chi connectivity index (χ0v) is 13.3. The molecule has 2 heteroatoms. The van der Waals surface area contributed by atoms with Crippen molar-refractivity contribution in [1.82, 2.24) is 4.98 Å². The Hall–Kier alpha value is -2.35. The van der Waals surface area contributed by atoms with E-state index >= 15 is 0 Å². The van der Waals surface area contributed by atoms with Gasteiger partial charge < -0.3 is 4.42 Å². The van der Waals surface area contributed by atoms with E-state index < -0.39 is 0 Å². The van der Waals surface area contributed by atoms with Gasteiger partial charge in [-0.3, -0.25) is 0 Å². The molecule has 0 unspecified atom stereocenters. The molecule has 0 radical (unpaired) electrons. The maximum atomic E-state index is 6.12. The number of benzene rings is 2. The molecule has 22 heavy (non-hydrogen) atoms. The van der Waals surface area contributed by atoms with Crippen molar-refractivity contribution in [2.24, 2.45) is 0 Å². The summed E-state index contributed by atoms with van der Waals surface area (Å²) in [4.78, 5) is 4.78. The van der Waals surface area contributed by atoms with Crippen LogP contribution in [-0.2, 0) is 11.8 Å². The first kappa shape index (κ1) is 14.6. The standard InChI is InChI=1S/C20H21NO/c1-20(2,3)18-17(14-15-10-6-4-7-11-15)22-19(21-18)16-12-8-5-9-13-16/h4-13H,14H2,1-3H3. The van der Waals surface area contributed by atoms with Gasteiger partial charge in [-0.05, 0) is 17.7 Å². The molecule has 0 saturated heterocycles. The van der Waals surface area contributed by atoms with Gasteiger partial charge >= 0.3 is 0 Å². The Bertz CT molecular complexity index is 736. The highest BCUT2D eigenvalue weighted by atomic mass is 16.4. The van der Waals surface area contributed by atoms with Crippen LogP contribution in [0.15, 0.2) is 65.1 Å². The molecule has 112 valence electrons. The number of rotatable bonds is 3. The number of hydrogen-bond acceptors (Lipinski definition) is 2. The predicted molar refractivity (Wildman–Crippen MR) is 89.9 cm³/mol. The fourth-order valence-electron chi connectivity index (χ4n) is 2.54. The van der Waals surface area contributed by atoms with E-state index in [9.17, 15) is 0 Å². The molecule has 0 spiro atoms. The lowest BCUT2D eigenvalue weighted by Gasteiger charge is -2.16. The second-order valence-corrected chi connectivity index (χ2v) is 6.57. The molecule has 0 N–H and O–H groups in total. The summed E-state index contributed by atoms with van der Waals surface area (Å²) >= 11 is 0. The maximum Gasteiger partial charge on any atom is 0.226 e. The molecule has 2 nitrogen and oxygen atoms in total. The smallest absolute Gasteiger partial charge is 0.226 e. The van der Waals surface area contributed by atoms with Crippen LogP contribution in [0.4, 0.5) is 0 Å². The summed E-state index contributed by atoms with van der Waals surface area (Å²) in [6, 6.07) is 20.5. The topological polar surface area (TPSA) is 26.0 Å². The van der Waals surface area contributed by atoms with Gasteiger partial charge in [-0.25, -0.2) is 4.98 Å². The van der Waals surface area contributed by atoms with Crippen molar-refractivity contribution in [3.63, 3.8) is 0 Å². The number of oxazole rings is 1. The van der Waals surface area contributed by atoms with Crippen LogP contribution in [-0.4, -0.2) is 4.98 Å². The molecule has 1 aromatic heterocycles. The normalized spacial score (nSPS) is 11.6. The average Bonchev–Trinajstić information content (AvgIpc) is 2.93. The van der Waals surface area contributed by atoms with Gasteiger partial charge in [0.25, 0.3) is 0 Å². The highest BCUT2D eigenvalue weighted by Gasteiger charge is 2.25. The van der Waals surface area contributed by atoms with E-state index in [0.29, 0.717) is 5.89 Å². The van der Waals surface area contributed by atoms with E-state index in [1.165, 1.54) is 5.56 Å². The molecule has 0 aliphatic carbocycles. The summed E-state index contributed by atoms with van der Waals surface area (Å²) in [6.45, 7) is 6.52. The van der Waals surface area contributed by atoms with Crippen LogP contribution < -0.4 is 0 Å². The summed E-state index contributed by atoms with van der Waals surface area (Å²) in [7, 11) is 0. The van der Waals surface area contributed by atoms with Crippen molar-refractivity contribution >= 4 is 0 Å². The summed E-state index contributed by atoms with van der Waals surface area (Å²) in [6.07, 6.45) is 0.771. The molecule has 0 atom stereocenters. The molecular weight excluding hydrogens is 270 g/mol. The fraction of sp³-hybridized carbons (Fsp3) is 0.250. The van der Waals surface area contributed by atoms with Crippen LogP contribution in [0.25, 0.3) is 11.5 Å². The number of hydrogen-bond donors (Lipinski definition) is 0. The van der Waals surface area contributed by atoms with Gasteiger partial charge in [-0.15, -0.1) is 0 Å². The van der Waals surface area contributed by atoms with Crippen molar-refractivity contribution in [3.8, 4) is 11.5 Å². The minimum Gasteiger partial charge on any atom is -0.441 e. The molecule has 0 amide bonds. The fourth-order valence-corrected chi connectivity index (χ4v) is 2.54. The Morgan fingerprint density at radius 2 is 1.45 bits per heavy atom. The molecule has 0 aliphatic heterocycles. The molecule has 2 aromatic carbocycles. The van der Waals surface area contributed by atoms with Gasteiger partial charge in [-0.1, -0.05) is 69.3 Å². The molecule has 0 bridgehead atoms. The van der Waals surface area contributed by atoms with E-state index in [0.717, 1.165) is 23.4 Å². The first-order valence-electron chi connectivity index (χ1n) is 7.63. The molecule has 0 fully saturated rings. The zero-order chi connectivity index (χ0) is 15.6. The minimum atomic E-state index is -0.0410. The lowest BCUT2D eigenvalue weighted by molar-refractivity contribution is 0.503. The van der Waals surface area contributed by atoms with Gasteiger partial charge in [-0.2, -0.15) is 0 Å². The summed E-state index contributed by atoms with van der Waals surface area (Å²) in [5.41, 5.74) is 3.26. The van der Waals surface area contributed by atoms with E-state index in [2.05, 4.69) is 45.0 Å². The highest BCUT2D eigenvalue weighted by molar-refractivity contribution is 5.53. The predicted octanol–water partition coefficient (Wildman–Crippen LogP) is 5.23. The van der Waals surface area contributed by atoms with E-state index in [-0.39, 0.29) is 5.41 Å². The minimum absolute atomic E-state index is 0.0410. The van der Waals surface area contributed by atoms with Gasteiger partial charge in [0, 0.05) is 17.4 Å². The highest BCUT2D eigenvalue weighted by Crippen LogP contribution is 2.31. The van der Waals surface area contributed by atoms with Crippen molar-refractivity contribution in [2.45, 2.75) is 32.6 Å². The maximum absolute atomic E-state index is 6.12. The quantitative estimate of drug-likeness (QED) is 0.660. The summed E-state index contributed by atoms with van der Waals surface area (Å²) in [5.74, 6) is 1.66. The second kappa shape index (κ2) is 5.80. The van der Waals surface area contributed by atoms with Gasteiger partial charge in [0.05, 0.1) is 5.69 Å².